The molecular formula is C20H32F2N6O. The number of amides is 1. The van der Waals surface area contributed by atoms with Gasteiger partial charge in [-0.25, -0.2) is 8.78 Å². The number of piperidine rings is 1. The van der Waals surface area contributed by atoms with Gasteiger partial charge in [-0.3, -0.25) is 14.7 Å². The van der Waals surface area contributed by atoms with Gasteiger partial charge in [-0.15, -0.1) is 0 Å². The molecule has 3 N–H and O–H groups in total. The van der Waals surface area contributed by atoms with Crippen molar-refractivity contribution in [3.05, 3.63) is 35.4 Å². The molecule has 1 saturated heterocycles. The summed E-state index contributed by atoms with van der Waals surface area (Å²) in [7, 11) is 6.89. The highest BCUT2D eigenvalue weighted by Gasteiger charge is 2.24. The van der Waals surface area contributed by atoms with Gasteiger partial charge in [0, 0.05) is 45.3 Å². The molecule has 1 unspecified atom stereocenters. The van der Waals surface area contributed by atoms with Crippen molar-refractivity contribution in [2.75, 3.05) is 54.4 Å². The Morgan fingerprint density at radius 1 is 1.28 bits per heavy atom. The molecule has 0 aromatic heterocycles. The van der Waals surface area contributed by atoms with E-state index >= 15 is 0 Å². The van der Waals surface area contributed by atoms with Crippen LogP contribution in [-0.2, 0) is 4.79 Å². The van der Waals surface area contributed by atoms with E-state index in [-0.39, 0.29) is 17.5 Å². The van der Waals surface area contributed by atoms with E-state index < -0.39 is 17.7 Å². The van der Waals surface area contributed by atoms with Crippen LogP contribution >= 0.6 is 0 Å². The van der Waals surface area contributed by atoms with E-state index in [9.17, 15) is 13.6 Å². The van der Waals surface area contributed by atoms with Crippen molar-refractivity contribution >= 4 is 11.9 Å². The Bertz CT molecular complexity index is 684. The topological polar surface area (TPSA) is 72.0 Å². The summed E-state index contributed by atoms with van der Waals surface area (Å²) in [6, 6.07) is 3.66. The van der Waals surface area contributed by atoms with Gasteiger partial charge < -0.3 is 20.9 Å². The molecule has 1 fully saturated rings. The largest absolute Gasteiger partial charge is 0.358 e. The number of carbonyl (C=O) groups excluding carboxylic acids is 1. The average Bonchev–Trinajstić information content (AvgIpc) is 2.70. The van der Waals surface area contributed by atoms with Gasteiger partial charge in [0.05, 0.1) is 12.6 Å². The van der Waals surface area contributed by atoms with Gasteiger partial charge in [-0.2, -0.15) is 0 Å². The van der Waals surface area contributed by atoms with Crippen molar-refractivity contribution in [2.45, 2.75) is 24.9 Å². The Morgan fingerprint density at radius 3 is 2.41 bits per heavy atom. The smallest absolute Gasteiger partial charge is 0.233 e. The van der Waals surface area contributed by atoms with Crippen LogP contribution in [0.25, 0.3) is 0 Å². The molecule has 0 aliphatic carbocycles. The van der Waals surface area contributed by atoms with Gasteiger partial charge in [0.15, 0.2) is 5.96 Å². The number of aliphatic imine (C=N–C) groups is 1. The molecule has 29 heavy (non-hydrogen) atoms. The van der Waals surface area contributed by atoms with Crippen LogP contribution in [0.4, 0.5) is 8.78 Å². The monoisotopic (exact) mass is 410 g/mol. The molecule has 1 atom stereocenters. The number of nitrogens with one attached hydrogen (secondary N) is 3. The van der Waals surface area contributed by atoms with Crippen molar-refractivity contribution < 1.29 is 13.6 Å². The molecule has 0 radical (unpaired) electrons. The standard InChI is InChI=1S/C20H32F2N6O/c1-23-18(29)13-28-10-8-14(9-11-28)26-20(24-2)25-12-17(27(3)4)19-15(21)6-5-7-16(19)22/h5-7,14,17H,8-13H2,1-4H3,(H,23,29)(H2,24,25,26). The zero-order valence-electron chi connectivity index (χ0n) is 17.6. The lowest BCUT2D eigenvalue weighted by Gasteiger charge is -2.33. The zero-order valence-corrected chi connectivity index (χ0v) is 17.6. The molecule has 0 spiro atoms. The Kier molecular flexibility index (Phi) is 8.78. The second-order valence-corrected chi connectivity index (χ2v) is 7.44. The fourth-order valence-corrected chi connectivity index (χ4v) is 3.47. The molecule has 1 aromatic rings. The predicted octanol–water partition coefficient (Wildman–Crippen LogP) is 0.943. The summed E-state index contributed by atoms with van der Waals surface area (Å²) in [5, 5.41) is 9.20. The maximum Gasteiger partial charge on any atom is 0.233 e. The van der Waals surface area contributed by atoms with E-state index in [2.05, 4.69) is 25.8 Å². The normalized spacial score (nSPS) is 17.3. The second-order valence-electron chi connectivity index (χ2n) is 7.44. The van der Waals surface area contributed by atoms with Crippen LogP contribution in [-0.4, -0.2) is 82.1 Å². The second kappa shape index (κ2) is 11.1. The van der Waals surface area contributed by atoms with Crippen LogP contribution in [0.3, 0.4) is 0 Å². The Balaban J connectivity index is 1.90. The minimum Gasteiger partial charge on any atom is -0.358 e. The number of hydrogen-bond donors (Lipinski definition) is 3. The number of hydrogen-bond acceptors (Lipinski definition) is 4. The highest BCUT2D eigenvalue weighted by Crippen LogP contribution is 2.23. The lowest BCUT2D eigenvalue weighted by Crippen LogP contribution is -2.51. The molecule has 7 nitrogen and oxygen atoms in total. The van der Waals surface area contributed by atoms with Gasteiger partial charge in [-0.1, -0.05) is 6.07 Å². The van der Waals surface area contributed by atoms with Crippen LogP contribution in [0, 0.1) is 11.6 Å². The number of carbonyl (C=O) groups is 1. The van der Waals surface area contributed by atoms with Crippen molar-refractivity contribution in [3.63, 3.8) is 0 Å². The molecule has 1 aliphatic rings. The Morgan fingerprint density at radius 2 is 1.90 bits per heavy atom. The molecule has 1 aromatic carbocycles. The van der Waals surface area contributed by atoms with Gasteiger partial charge >= 0.3 is 0 Å². The SMILES string of the molecule is CN=C(NCC(c1c(F)cccc1F)N(C)C)NC1CCN(CC(=O)NC)CC1. The summed E-state index contributed by atoms with van der Waals surface area (Å²) < 4.78 is 28.4. The lowest BCUT2D eigenvalue weighted by atomic mass is 10.0. The third kappa shape index (κ3) is 6.64. The fourth-order valence-electron chi connectivity index (χ4n) is 3.47. The minimum atomic E-state index is -0.558. The van der Waals surface area contributed by atoms with Crippen LogP contribution in [0.5, 0.6) is 0 Å². The van der Waals surface area contributed by atoms with Crippen molar-refractivity contribution in [1.82, 2.24) is 25.8 Å². The number of guanidine groups is 1. The van der Waals surface area contributed by atoms with Gasteiger partial charge in [-0.05, 0) is 39.1 Å². The maximum absolute atomic E-state index is 14.2. The molecule has 1 heterocycles. The molecule has 1 amide bonds. The predicted molar refractivity (Wildman–Crippen MR) is 111 cm³/mol. The van der Waals surface area contributed by atoms with E-state index in [4.69, 9.17) is 0 Å². The van der Waals surface area contributed by atoms with Crippen molar-refractivity contribution in [1.29, 1.82) is 0 Å². The Hall–Kier alpha value is -2.26. The lowest BCUT2D eigenvalue weighted by molar-refractivity contribution is -0.122. The molecule has 9 heteroatoms. The summed E-state index contributed by atoms with van der Waals surface area (Å²) in [6.45, 7) is 2.36. The summed E-state index contributed by atoms with van der Waals surface area (Å²) in [5.74, 6) is -0.504. The number of rotatable bonds is 7. The van der Waals surface area contributed by atoms with E-state index in [1.165, 1.54) is 18.2 Å². The first-order valence-corrected chi connectivity index (χ1v) is 9.86. The molecule has 162 valence electrons. The van der Waals surface area contributed by atoms with E-state index in [1.54, 1.807) is 33.1 Å². The van der Waals surface area contributed by atoms with Gasteiger partial charge in [0.25, 0.3) is 0 Å². The van der Waals surface area contributed by atoms with Crippen LogP contribution < -0.4 is 16.0 Å². The number of likely N-dealkylation sites (N-methyl/N-ethyl adjacent to an activating group) is 2. The minimum absolute atomic E-state index is 0.0176. The number of benzene rings is 1. The first-order valence-electron chi connectivity index (χ1n) is 9.86. The quantitative estimate of drug-likeness (QED) is 0.461. The molecule has 0 bridgehead atoms. The fraction of sp³-hybridized carbons (Fsp3) is 0.600. The summed E-state index contributed by atoms with van der Waals surface area (Å²) in [6.07, 6.45) is 1.77. The third-order valence-corrected chi connectivity index (χ3v) is 5.22. The van der Waals surface area contributed by atoms with Crippen LogP contribution in [0.1, 0.15) is 24.4 Å². The van der Waals surface area contributed by atoms with E-state index in [0.29, 0.717) is 19.0 Å². The maximum atomic E-state index is 14.2. The van der Waals surface area contributed by atoms with Crippen LogP contribution in [0.15, 0.2) is 23.2 Å². The summed E-state index contributed by atoms with van der Waals surface area (Å²) in [5.41, 5.74) is 0.0444. The number of nitrogens with zero attached hydrogens (tertiary/aromatic N) is 3. The third-order valence-electron chi connectivity index (χ3n) is 5.22. The Labute approximate surface area is 171 Å². The number of likely N-dealkylation sites (tertiary alicyclic amines) is 1. The zero-order chi connectivity index (χ0) is 21.4. The van der Waals surface area contributed by atoms with Crippen molar-refractivity contribution in [3.8, 4) is 0 Å². The van der Waals surface area contributed by atoms with Gasteiger partial charge in [0.2, 0.25) is 5.91 Å². The van der Waals surface area contributed by atoms with E-state index in [1.807, 2.05) is 0 Å². The first-order chi connectivity index (χ1) is 13.8. The highest BCUT2D eigenvalue weighted by atomic mass is 19.1. The average molecular weight is 411 g/mol. The molecule has 0 saturated carbocycles. The van der Waals surface area contributed by atoms with Crippen molar-refractivity contribution in [2.24, 2.45) is 4.99 Å². The summed E-state index contributed by atoms with van der Waals surface area (Å²) in [4.78, 5) is 19.6. The highest BCUT2D eigenvalue weighted by molar-refractivity contribution is 5.80. The van der Waals surface area contributed by atoms with Crippen LogP contribution in [0.2, 0.25) is 0 Å². The number of halogens is 2. The summed E-state index contributed by atoms with van der Waals surface area (Å²) >= 11 is 0. The molecular weight excluding hydrogens is 378 g/mol. The first kappa shape index (κ1) is 23.0. The van der Waals surface area contributed by atoms with Gasteiger partial charge in [0.1, 0.15) is 11.6 Å². The van der Waals surface area contributed by atoms with E-state index in [0.717, 1.165) is 25.9 Å². The molecule has 2 rings (SSSR count). The molecule has 1 aliphatic heterocycles.